The predicted molar refractivity (Wildman–Crippen MR) is 71.3 cm³/mol. The Balaban J connectivity index is 2.25. The molecule has 0 aliphatic heterocycles. The molecule has 2 rings (SSSR count). The van der Waals surface area contributed by atoms with E-state index in [2.05, 4.69) is 4.98 Å². The second-order valence-electron chi connectivity index (χ2n) is 4.02. The molecule has 0 spiro atoms. The van der Waals surface area contributed by atoms with Crippen molar-refractivity contribution >= 4 is 17.4 Å². The number of halogens is 2. The molecule has 2 aromatic rings. The third kappa shape index (κ3) is 3.03. The van der Waals surface area contributed by atoms with Crippen LogP contribution >= 0.6 is 11.6 Å². The monoisotopic (exact) mass is 296 g/mol. The Morgan fingerprint density at radius 3 is 2.85 bits per heavy atom. The van der Waals surface area contributed by atoms with E-state index in [1.54, 1.807) is 6.92 Å². The van der Waals surface area contributed by atoms with Gasteiger partial charge in [0, 0.05) is 0 Å². The van der Waals surface area contributed by atoms with Gasteiger partial charge < -0.3 is 14.9 Å². The standard InChI is InChI=1S/C13H10ClFN2O3/c1-8(9-4-5-11(15)10(14)7-9)20-12-3-2-6-16-13(12)17(18)19/h2-8H,1H3/t8-/m0/s1. The quantitative estimate of drug-likeness (QED) is 0.633. The lowest BCUT2D eigenvalue weighted by Crippen LogP contribution is -2.06. The van der Waals surface area contributed by atoms with Gasteiger partial charge in [-0.15, -0.1) is 0 Å². The van der Waals surface area contributed by atoms with Crippen molar-refractivity contribution in [3.05, 3.63) is 63.0 Å². The highest BCUT2D eigenvalue weighted by Gasteiger charge is 2.19. The second kappa shape index (κ2) is 5.83. The molecular formula is C13H10ClFN2O3. The summed E-state index contributed by atoms with van der Waals surface area (Å²) in [7, 11) is 0. The first-order valence-electron chi connectivity index (χ1n) is 5.70. The minimum atomic E-state index is -0.625. The van der Waals surface area contributed by atoms with Crippen LogP contribution in [0, 0.1) is 15.9 Å². The number of pyridine rings is 1. The number of benzene rings is 1. The van der Waals surface area contributed by atoms with Crippen LogP contribution in [0.3, 0.4) is 0 Å². The van der Waals surface area contributed by atoms with Crippen molar-refractivity contribution in [3.63, 3.8) is 0 Å². The average Bonchev–Trinajstić information content (AvgIpc) is 2.42. The van der Waals surface area contributed by atoms with E-state index in [1.807, 2.05) is 0 Å². The molecule has 1 aromatic heterocycles. The van der Waals surface area contributed by atoms with Gasteiger partial charge in [0.15, 0.2) is 0 Å². The number of hydrogen-bond donors (Lipinski definition) is 0. The van der Waals surface area contributed by atoms with Gasteiger partial charge >= 0.3 is 5.82 Å². The second-order valence-corrected chi connectivity index (χ2v) is 4.42. The largest absolute Gasteiger partial charge is 0.478 e. The molecule has 0 amide bonds. The van der Waals surface area contributed by atoms with Crippen LogP contribution in [-0.2, 0) is 0 Å². The third-order valence-electron chi connectivity index (χ3n) is 2.64. The topological polar surface area (TPSA) is 65.3 Å². The number of nitro groups is 1. The fraction of sp³-hybridized carbons (Fsp3) is 0.154. The van der Waals surface area contributed by atoms with E-state index in [4.69, 9.17) is 16.3 Å². The third-order valence-corrected chi connectivity index (χ3v) is 2.93. The Morgan fingerprint density at radius 2 is 2.20 bits per heavy atom. The molecule has 0 saturated heterocycles. The van der Waals surface area contributed by atoms with E-state index < -0.39 is 16.8 Å². The zero-order chi connectivity index (χ0) is 14.7. The molecule has 104 valence electrons. The Labute approximate surface area is 119 Å². The highest BCUT2D eigenvalue weighted by atomic mass is 35.5. The molecule has 0 saturated carbocycles. The molecule has 1 heterocycles. The highest BCUT2D eigenvalue weighted by Crippen LogP contribution is 2.29. The number of hydrogen-bond acceptors (Lipinski definition) is 4. The van der Waals surface area contributed by atoms with Crippen LogP contribution in [0.4, 0.5) is 10.2 Å². The summed E-state index contributed by atoms with van der Waals surface area (Å²) in [5.74, 6) is -0.854. The Morgan fingerprint density at radius 1 is 1.45 bits per heavy atom. The molecule has 20 heavy (non-hydrogen) atoms. The Hall–Kier alpha value is -2.21. The van der Waals surface area contributed by atoms with Gasteiger partial charge in [-0.2, -0.15) is 0 Å². The van der Waals surface area contributed by atoms with E-state index in [0.29, 0.717) is 5.56 Å². The number of nitrogens with zero attached hydrogens (tertiary/aromatic N) is 2. The average molecular weight is 297 g/mol. The van der Waals surface area contributed by atoms with Crippen molar-refractivity contribution in [1.29, 1.82) is 0 Å². The van der Waals surface area contributed by atoms with E-state index in [1.165, 1.54) is 36.5 Å². The first-order chi connectivity index (χ1) is 9.49. The fourth-order valence-electron chi connectivity index (χ4n) is 1.64. The molecule has 1 aromatic carbocycles. The van der Waals surface area contributed by atoms with Crippen molar-refractivity contribution in [2.45, 2.75) is 13.0 Å². The maximum Gasteiger partial charge on any atom is 0.406 e. The summed E-state index contributed by atoms with van der Waals surface area (Å²) in [6.45, 7) is 1.68. The normalized spacial score (nSPS) is 11.9. The number of ether oxygens (including phenoxy) is 1. The Kier molecular flexibility index (Phi) is 4.14. The van der Waals surface area contributed by atoms with Crippen LogP contribution in [0.5, 0.6) is 5.75 Å². The van der Waals surface area contributed by atoms with Crippen molar-refractivity contribution < 1.29 is 14.1 Å². The maximum atomic E-state index is 13.1. The predicted octanol–water partition coefficient (Wildman–Crippen LogP) is 3.92. The van der Waals surface area contributed by atoms with Crippen molar-refractivity contribution in [2.24, 2.45) is 0 Å². The molecule has 5 nitrogen and oxygen atoms in total. The molecule has 0 unspecified atom stereocenters. The van der Waals surface area contributed by atoms with Gasteiger partial charge in [0.1, 0.15) is 18.1 Å². The van der Waals surface area contributed by atoms with Gasteiger partial charge in [0.2, 0.25) is 5.75 Å². The highest BCUT2D eigenvalue weighted by molar-refractivity contribution is 6.30. The number of aromatic nitrogens is 1. The molecule has 0 fully saturated rings. The molecule has 0 aliphatic rings. The molecule has 0 aliphatic carbocycles. The summed E-state index contributed by atoms with van der Waals surface area (Å²) in [6.07, 6.45) is 0.778. The van der Waals surface area contributed by atoms with Crippen molar-refractivity contribution in [1.82, 2.24) is 4.98 Å². The van der Waals surface area contributed by atoms with Gasteiger partial charge in [-0.05, 0) is 46.7 Å². The summed E-state index contributed by atoms with van der Waals surface area (Å²) < 4.78 is 18.6. The molecule has 0 radical (unpaired) electrons. The van der Waals surface area contributed by atoms with Gasteiger partial charge in [-0.3, -0.25) is 0 Å². The zero-order valence-electron chi connectivity index (χ0n) is 10.4. The first kappa shape index (κ1) is 14.2. The first-order valence-corrected chi connectivity index (χ1v) is 6.08. The Bertz CT molecular complexity index is 651. The van der Waals surface area contributed by atoms with Gasteiger partial charge in [-0.25, -0.2) is 4.39 Å². The molecule has 7 heteroatoms. The van der Waals surface area contributed by atoms with Crippen LogP contribution in [0.1, 0.15) is 18.6 Å². The van der Waals surface area contributed by atoms with E-state index in [-0.39, 0.29) is 16.6 Å². The summed E-state index contributed by atoms with van der Waals surface area (Å²) in [4.78, 5) is 13.9. The van der Waals surface area contributed by atoms with Gasteiger partial charge in [0.25, 0.3) is 0 Å². The summed E-state index contributed by atoms with van der Waals surface area (Å²) in [5.41, 5.74) is 0.606. The van der Waals surface area contributed by atoms with Crippen LogP contribution < -0.4 is 4.74 Å². The molecule has 1 atom stereocenters. The van der Waals surface area contributed by atoms with Crippen LogP contribution in [0.25, 0.3) is 0 Å². The fourth-order valence-corrected chi connectivity index (χ4v) is 1.82. The SMILES string of the molecule is C[C@H](Oc1cccnc1[N+](=O)[O-])c1ccc(F)c(Cl)c1. The van der Waals surface area contributed by atoms with Crippen molar-refractivity contribution in [3.8, 4) is 5.75 Å². The lowest BCUT2D eigenvalue weighted by Gasteiger charge is -2.15. The van der Waals surface area contributed by atoms with E-state index in [0.717, 1.165) is 0 Å². The van der Waals surface area contributed by atoms with Gasteiger partial charge in [-0.1, -0.05) is 17.7 Å². The van der Waals surface area contributed by atoms with Crippen LogP contribution in [0.15, 0.2) is 36.5 Å². The molecule has 0 N–H and O–H groups in total. The van der Waals surface area contributed by atoms with E-state index >= 15 is 0 Å². The van der Waals surface area contributed by atoms with Crippen molar-refractivity contribution in [2.75, 3.05) is 0 Å². The minimum Gasteiger partial charge on any atom is -0.478 e. The maximum absolute atomic E-state index is 13.1. The number of rotatable bonds is 4. The van der Waals surface area contributed by atoms with Crippen LogP contribution in [0.2, 0.25) is 5.02 Å². The zero-order valence-corrected chi connectivity index (χ0v) is 11.2. The summed E-state index contributed by atoms with van der Waals surface area (Å²) in [5, 5.41) is 10.8. The molecule has 0 bridgehead atoms. The van der Waals surface area contributed by atoms with Gasteiger partial charge in [0.05, 0.1) is 5.02 Å². The lowest BCUT2D eigenvalue weighted by molar-refractivity contribution is -0.390. The summed E-state index contributed by atoms with van der Waals surface area (Å²) >= 11 is 5.69. The molecular weight excluding hydrogens is 287 g/mol. The van der Waals surface area contributed by atoms with Crippen LogP contribution in [-0.4, -0.2) is 9.91 Å². The van der Waals surface area contributed by atoms with E-state index in [9.17, 15) is 14.5 Å². The summed E-state index contributed by atoms with van der Waals surface area (Å²) in [6, 6.07) is 7.13. The lowest BCUT2D eigenvalue weighted by atomic mass is 10.1. The smallest absolute Gasteiger partial charge is 0.406 e. The minimum absolute atomic E-state index is 0.0290.